The highest BCUT2D eigenvalue weighted by Crippen LogP contribution is 2.45. The summed E-state index contributed by atoms with van der Waals surface area (Å²) in [5.41, 5.74) is 7.43. The number of anilines is 1. The number of Topliss-reactive ketones (excluding diaryl/α,β-unsaturated/α-hetero) is 1. The molecule has 260 valence electrons. The molecule has 0 radical (unpaired) electrons. The normalized spacial score (nSPS) is 14.9. The molecule has 7 rings (SSSR count). The molecule has 9 heteroatoms. The van der Waals surface area contributed by atoms with Crippen molar-refractivity contribution in [2.24, 2.45) is 0 Å². The lowest BCUT2D eigenvalue weighted by atomic mass is 9.92. The first-order valence-electron chi connectivity index (χ1n) is 17.6. The van der Waals surface area contributed by atoms with Crippen LogP contribution in [-0.2, 0) is 31.0 Å². The van der Waals surface area contributed by atoms with Crippen LogP contribution < -0.4 is 4.90 Å². The first kappa shape index (κ1) is 34.9. The van der Waals surface area contributed by atoms with Gasteiger partial charge >= 0.3 is 0 Å². The molecular weight excluding hydrogens is 663 g/mol. The molecule has 2 aliphatic rings. The van der Waals surface area contributed by atoms with Gasteiger partial charge in [0, 0.05) is 86.6 Å². The highest BCUT2D eigenvalue weighted by Gasteiger charge is 2.26. The third kappa shape index (κ3) is 9.05. The summed E-state index contributed by atoms with van der Waals surface area (Å²) < 4.78 is 0. The van der Waals surface area contributed by atoms with Crippen LogP contribution in [0, 0.1) is 0 Å². The molecule has 4 aromatic heterocycles. The molecule has 0 spiro atoms. The van der Waals surface area contributed by atoms with Gasteiger partial charge in [0.15, 0.2) is 5.78 Å². The fraction of sp³-hybridized carbons (Fsp3) is 0.186. The van der Waals surface area contributed by atoms with Gasteiger partial charge in [0.05, 0.1) is 33.5 Å². The van der Waals surface area contributed by atoms with Gasteiger partial charge in [0.1, 0.15) is 0 Å². The van der Waals surface area contributed by atoms with E-state index in [0.29, 0.717) is 39.3 Å². The molecule has 5 aromatic rings. The molecule has 52 heavy (non-hydrogen) atoms. The van der Waals surface area contributed by atoms with Crippen molar-refractivity contribution < 1.29 is 4.79 Å². The van der Waals surface area contributed by atoms with Crippen molar-refractivity contribution >= 4 is 23.2 Å². The Bertz CT molecular complexity index is 1890. The lowest BCUT2D eigenvalue weighted by Crippen LogP contribution is -2.33. The molecule has 8 nitrogen and oxygen atoms in total. The van der Waals surface area contributed by atoms with E-state index in [1.165, 1.54) is 10.6 Å². The molecule has 1 aliphatic carbocycles. The van der Waals surface area contributed by atoms with E-state index in [-0.39, 0.29) is 5.78 Å². The minimum atomic E-state index is 0.0433. The number of rotatable bonds is 14. The third-order valence-electron chi connectivity index (χ3n) is 8.87. The molecule has 5 heterocycles. The lowest BCUT2D eigenvalue weighted by molar-refractivity contribution is -0.112. The number of thioether (sulfide) groups is 1. The predicted molar refractivity (Wildman–Crippen MR) is 208 cm³/mol. The van der Waals surface area contributed by atoms with E-state index < -0.39 is 0 Å². The number of nitrogens with zero attached hydrogens (tertiary/aromatic N) is 7. The maximum Gasteiger partial charge on any atom is 0.187 e. The quantitative estimate of drug-likeness (QED) is 0.115. The van der Waals surface area contributed by atoms with Crippen LogP contribution in [0.25, 0.3) is 0 Å². The van der Waals surface area contributed by atoms with Crippen LogP contribution >= 0.6 is 11.8 Å². The van der Waals surface area contributed by atoms with Crippen LogP contribution in [0.3, 0.4) is 0 Å². The molecule has 0 atom stereocenters. The maximum atomic E-state index is 14.6. The van der Waals surface area contributed by atoms with E-state index in [2.05, 4.69) is 90.1 Å². The van der Waals surface area contributed by atoms with Gasteiger partial charge in [-0.25, -0.2) is 0 Å². The van der Waals surface area contributed by atoms with Gasteiger partial charge in [0.2, 0.25) is 0 Å². The van der Waals surface area contributed by atoms with Gasteiger partial charge in [0.25, 0.3) is 0 Å². The van der Waals surface area contributed by atoms with E-state index in [1.54, 1.807) is 11.8 Å². The summed E-state index contributed by atoms with van der Waals surface area (Å²) in [5.74, 6) is 0.0433. The number of aromatic nitrogens is 4. The first-order valence-corrected chi connectivity index (χ1v) is 18.4. The molecule has 0 saturated carbocycles. The minimum absolute atomic E-state index is 0.0433. The first-order chi connectivity index (χ1) is 25.6. The Morgan fingerprint density at radius 3 is 1.44 bits per heavy atom. The standard InChI is InChI=1S/C43H41N7OS/c1-2-50-40-17-3-4-18-41(40)52-42(50)20-19-33-25-34(27-48(29-36-13-5-9-21-44-36)30-37-14-6-10-22-45-37)43(51)35(26-33)28-49(31-38-15-7-11-23-46-38)32-39-16-8-12-24-47-39/h3-26H,2,27-32H2,1H3. The Kier molecular flexibility index (Phi) is 11.5. The second-order valence-corrected chi connectivity index (χ2v) is 13.8. The number of fused-ring (bicyclic) bond motifs is 1. The van der Waals surface area contributed by atoms with Gasteiger partial charge < -0.3 is 4.90 Å². The van der Waals surface area contributed by atoms with Gasteiger partial charge in [-0.15, -0.1) is 0 Å². The van der Waals surface area contributed by atoms with E-state index in [9.17, 15) is 4.79 Å². The van der Waals surface area contributed by atoms with Gasteiger partial charge in [-0.1, -0.05) is 54.2 Å². The Balaban J connectivity index is 1.23. The van der Waals surface area contributed by atoms with Gasteiger partial charge in [-0.05, 0) is 91.4 Å². The summed E-state index contributed by atoms with van der Waals surface area (Å²) >= 11 is 1.78. The molecule has 0 fully saturated rings. The summed E-state index contributed by atoms with van der Waals surface area (Å²) in [6, 6.07) is 32.3. The summed E-state index contributed by atoms with van der Waals surface area (Å²) in [7, 11) is 0. The van der Waals surface area contributed by atoms with E-state index >= 15 is 0 Å². The number of hydrogen-bond acceptors (Lipinski definition) is 9. The van der Waals surface area contributed by atoms with Crippen LogP contribution in [0.15, 0.2) is 173 Å². The van der Waals surface area contributed by atoms with Crippen LogP contribution in [-0.4, -0.2) is 55.2 Å². The minimum Gasteiger partial charge on any atom is -0.335 e. The Labute approximate surface area is 310 Å². The fourth-order valence-electron chi connectivity index (χ4n) is 6.48. The number of carbonyl (C=O) groups is 1. The average molecular weight is 704 g/mol. The summed E-state index contributed by atoms with van der Waals surface area (Å²) in [6.45, 7) is 6.25. The molecular formula is C43H41N7OS. The van der Waals surface area contributed by atoms with Crippen LogP contribution in [0.4, 0.5) is 5.69 Å². The number of ketones is 1. The van der Waals surface area contributed by atoms with Crippen molar-refractivity contribution in [1.29, 1.82) is 0 Å². The summed E-state index contributed by atoms with van der Waals surface area (Å²) in [5, 5.41) is 1.16. The predicted octanol–water partition coefficient (Wildman–Crippen LogP) is 7.81. The van der Waals surface area contributed by atoms with Crippen molar-refractivity contribution in [3.05, 3.63) is 191 Å². The zero-order valence-corrected chi connectivity index (χ0v) is 30.1. The van der Waals surface area contributed by atoms with Crippen molar-refractivity contribution in [1.82, 2.24) is 29.7 Å². The number of carbonyl (C=O) groups excluding carboxylic acids is 1. The maximum absolute atomic E-state index is 14.6. The van der Waals surface area contributed by atoms with Crippen LogP contribution in [0.1, 0.15) is 29.7 Å². The Morgan fingerprint density at radius 1 is 0.577 bits per heavy atom. The zero-order valence-electron chi connectivity index (χ0n) is 29.3. The van der Waals surface area contributed by atoms with Crippen molar-refractivity contribution in [2.75, 3.05) is 24.5 Å². The SMILES string of the molecule is CCN1C(=CC=C2C=C(CN(Cc3ccccn3)Cc3ccccn3)C(=O)C(CN(Cc3ccccn3)Cc3ccccn3)=C2)Sc2ccccc21. The lowest BCUT2D eigenvalue weighted by Gasteiger charge is -2.27. The van der Waals surface area contributed by atoms with E-state index in [0.717, 1.165) is 51.1 Å². The number of para-hydroxylation sites is 1. The second-order valence-electron chi connectivity index (χ2n) is 12.7. The van der Waals surface area contributed by atoms with Crippen LogP contribution in [0.2, 0.25) is 0 Å². The molecule has 0 unspecified atom stereocenters. The Hall–Kier alpha value is -5.48. The third-order valence-corrected chi connectivity index (χ3v) is 10.0. The molecule has 0 bridgehead atoms. The molecule has 0 saturated heterocycles. The highest BCUT2D eigenvalue weighted by molar-refractivity contribution is 8.03. The zero-order chi connectivity index (χ0) is 35.5. The van der Waals surface area contributed by atoms with E-state index in [4.69, 9.17) is 0 Å². The summed E-state index contributed by atoms with van der Waals surface area (Å²) in [4.78, 5) is 41.0. The number of benzene rings is 1. The smallest absolute Gasteiger partial charge is 0.187 e. The van der Waals surface area contributed by atoms with Crippen LogP contribution in [0.5, 0.6) is 0 Å². The molecule has 0 N–H and O–H groups in total. The fourth-order valence-corrected chi connectivity index (χ4v) is 7.61. The second kappa shape index (κ2) is 17.2. The Morgan fingerprint density at radius 2 is 1.02 bits per heavy atom. The molecule has 1 aromatic carbocycles. The monoisotopic (exact) mass is 703 g/mol. The number of pyridine rings is 4. The van der Waals surface area contributed by atoms with Crippen molar-refractivity contribution in [2.45, 2.75) is 38.0 Å². The molecule has 0 amide bonds. The van der Waals surface area contributed by atoms with Crippen molar-refractivity contribution in [3.8, 4) is 0 Å². The molecule has 1 aliphatic heterocycles. The summed E-state index contributed by atoms with van der Waals surface area (Å²) in [6.07, 6.45) is 15.7. The van der Waals surface area contributed by atoms with Crippen molar-refractivity contribution in [3.63, 3.8) is 0 Å². The van der Waals surface area contributed by atoms with Gasteiger partial charge in [-0.3, -0.25) is 34.5 Å². The highest BCUT2D eigenvalue weighted by atomic mass is 32.2. The van der Waals surface area contributed by atoms with Gasteiger partial charge in [-0.2, -0.15) is 0 Å². The largest absolute Gasteiger partial charge is 0.335 e. The number of hydrogen-bond donors (Lipinski definition) is 0. The number of allylic oxidation sites excluding steroid dienone is 5. The van der Waals surface area contributed by atoms with E-state index in [1.807, 2.05) is 97.6 Å². The topological polar surface area (TPSA) is 78.4 Å². The average Bonchev–Trinajstić information content (AvgIpc) is 3.55.